The zero-order valence-electron chi connectivity index (χ0n) is 36.8. The molecule has 0 amide bonds. The van der Waals surface area contributed by atoms with Gasteiger partial charge < -0.3 is 0 Å². The molecule has 0 N–H and O–H groups in total. The van der Waals surface area contributed by atoms with E-state index in [2.05, 4.69) is 246 Å². The monoisotopic (exact) mass is 816 g/mol. The fourth-order valence-corrected chi connectivity index (χ4v) is 11.2. The van der Waals surface area contributed by atoms with Gasteiger partial charge in [0.15, 0.2) is 0 Å². The summed E-state index contributed by atoms with van der Waals surface area (Å²) in [7, 11) is 0. The SMILES string of the molecule is CC1(C)c2cc(-c3cc(-c4ccccc4)cc(-c4ccccc4)c3)ccc2-c2ccc3c(c21)C(C)(C)c1cc(-c2cc(-c4ccccc4)cc(-c4ccccc4)c2)c2ccccc2c1-3. The van der Waals surface area contributed by atoms with Gasteiger partial charge in [-0.05, 0) is 171 Å². The maximum absolute atomic E-state index is 2.54. The van der Waals surface area contributed by atoms with E-state index in [-0.39, 0.29) is 10.8 Å². The lowest BCUT2D eigenvalue weighted by Gasteiger charge is -2.31. The second kappa shape index (κ2) is 14.5. The molecule has 64 heavy (non-hydrogen) atoms. The van der Waals surface area contributed by atoms with Gasteiger partial charge in [0.05, 0.1) is 0 Å². The third kappa shape index (κ3) is 5.97. The number of rotatable bonds is 6. The summed E-state index contributed by atoms with van der Waals surface area (Å²) in [5, 5.41) is 2.60. The third-order valence-electron chi connectivity index (χ3n) is 14.4. The van der Waals surface area contributed by atoms with Crippen LogP contribution in [0.25, 0.3) is 99.8 Å². The van der Waals surface area contributed by atoms with E-state index in [0.717, 1.165) is 0 Å². The van der Waals surface area contributed by atoms with E-state index < -0.39 is 0 Å². The lowest BCUT2D eigenvalue weighted by atomic mass is 9.72. The van der Waals surface area contributed by atoms with Gasteiger partial charge in [-0.2, -0.15) is 0 Å². The van der Waals surface area contributed by atoms with Crippen LogP contribution in [0.4, 0.5) is 0 Å². The van der Waals surface area contributed by atoms with Crippen molar-refractivity contribution in [1.82, 2.24) is 0 Å². The minimum absolute atomic E-state index is 0.224. The van der Waals surface area contributed by atoms with Crippen molar-refractivity contribution in [1.29, 1.82) is 0 Å². The molecule has 0 heterocycles. The van der Waals surface area contributed by atoms with Crippen LogP contribution in [0.15, 0.2) is 218 Å². The summed E-state index contributed by atoms with van der Waals surface area (Å²) in [6.07, 6.45) is 0. The molecule has 0 bridgehead atoms. The molecule has 0 fully saturated rings. The highest BCUT2D eigenvalue weighted by Gasteiger charge is 2.46. The number of benzene rings is 10. The van der Waals surface area contributed by atoms with E-state index in [9.17, 15) is 0 Å². The van der Waals surface area contributed by atoms with Crippen molar-refractivity contribution in [2.45, 2.75) is 38.5 Å². The van der Waals surface area contributed by atoms with Crippen LogP contribution in [0.5, 0.6) is 0 Å². The summed E-state index contributed by atoms with van der Waals surface area (Å²) < 4.78 is 0. The summed E-state index contributed by atoms with van der Waals surface area (Å²) in [4.78, 5) is 0. The minimum Gasteiger partial charge on any atom is -0.0622 e. The van der Waals surface area contributed by atoms with Crippen molar-refractivity contribution in [3.63, 3.8) is 0 Å². The predicted molar refractivity (Wildman–Crippen MR) is 272 cm³/mol. The molecule has 0 saturated heterocycles. The average Bonchev–Trinajstić information content (AvgIpc) is 3.73. The summed E-state index contributed by atoms with van der Waals surface area (Å²) in [5.41, 5.74) is 25.5. The third-order valence-corrected chi connectivity index (χ3v) is 14.4. The standard InChI is InChI=1S/C64H48/c1-63(2)58-39-45(50-35-46(41-19-9-5-10-20-41)33-47(36-50)42-21-11-6-12-22-42)29-30-53(58)55-31-32-56-60-54-28-18-17-27-52(54)57(40-59(60)64(3,4)62(56)61(55)63)51-37-48(43-23-13-7-14-24-43)34-49(38-51)44-25-15-8-16-26-44/h5-40H,1-4H3. The van der Waals surface area contributed by atoms with Crippen molar-refractivity contribution >= 4 is 10.8 Å². The molecule has 0 atom stereocenters. The van der Waals surface area contributed by atoms with Crippen LogP contribution in [0.2, 0.25) is 0 Å². The first kappa shape index (κ1) is 38.2. The Balaban J connectivity index is 1.01. The van der Waals surface area contributed by atoms with E-state index in [4.69, 9.17) is 0 Å². The molecule has 0 nitrogen and oxygen atoms in total. The van der Waals surface area contributed by atoms with E-state index in [1.54, 1.807) is 0 Å². The highest BCUT2D eigenvalue weighted by atomic mass is 14.5. The summed E-state index contributed by atoms with van der Waals surface area (Å²) in [6.45, 7) is 9.86. The molecular formula is C64H48. The zero-order chi connectivity index (χ0) is 43.2. The molecule has 10 aromatic rings. The van der Waals surface area contributed by atoms with Gasteiger partial charge in [-0.3, -0.25) is 0 Å². The number of hydrogen-bond acceptors (Lipinski definition) is 0. The molecule has 0 aromatic heterocycles. The van der Waals surface area contributed by atoms with E-state index in [1.165, 1.54) is 122 Å². The number of fused-ring (bicyclic) bond motifs is 9. The van der Waals surface area contributed by atoms with Crippen molar-refractivity contribution in [2.75, 3.05) is 0 Å². The van der Waals surface area contributed by atoms with Crippen LogP contribution >= 0.6 is 0 Å². The summed E-state index contributed by atoms with van der Waals surface area (Å²) in [6, 6.07) is 81.2. The highest BCUT2D eigenvalue weighted by Crippen LogP contribution is 2.61. The molecule has 10 aromatic carbocycles. The highest BCUT2D eigenvalue weighted by molar-refractivity contribution is 6.10. The average molecular weight is 817 g/mol. The van der Waals surface area contributed by atoms with Crippen LogP contribution in [-0.4, -0.2) is 0 Å². The Hall–Kier alpha value is -7.54. The molecule has 2 aliphatic carbocycles. The Labute approximate surface area is 377 Å². The Bertz CT molecular complexity index is 3330. The Morgan fingerprint density at radius 3 is 1.11 bits per heavy atom. The van der Waals surface area contributed by atoms with Crippen LogP contribution in [-0.2, 0) is 10.8 Å². The van der Waals surface area contributed by atoms with Gasteiger partial charge in [0.25, 0.3) is 0 Å². The Morgan fingerprint density at radius 1 is 0.234 bits per heavy atom. The molecule has 12 rings (SSSR count). The van der Waals surface area contributed by atoms with E-state index in [0.29, 0.717) is 0 Å². The molecule has 0 saturated carbocycles. The van der Waals surface area contributed by atoms with Crippen molar-refractivity contribution in [3.8, 4) is 89.0 Å². The largest absolute Gasteiger partial charge is 0.0622 e. The molecule has 0 unspecified atom stereocenters. The first-order valence-electron chi connectivity index (χ1n) is 22.7. The van der Waals surface area contributed by atoms with Crippen molar-refractivity contribution in [3.05, 3.63) is 241 Å². The maximum Gasteiger partial charge on any atom is 0.0162 e. The minimum atomic E-state index is -0.245. The van der Waals surface area contributed by atoms with E-state index >= 15 is 0 Å². The van der Waals surface area contributed by atoms with Gasteiger partial charge >= 0.3 is 0 Å². The fraction of sp³-hybridized carbons (Fsp3) is 0.0938. The lowest BCUT2D eigenvalue weighted by Crippen LogP contribution is -2.24. The Morgan fingerprint density at radius 2 is 0.609 bits per heavy atom. The van der Waals surface area contributed by atoms with Crippen molar-refractivity contribution < 1.29 is 0 Å². The van der Waals surface area contributed by atoms with Gasteiger partial charge in [-0.15, -0.1) is 0 Å². The van der Waals surface area contributed by atoms with Gasteiger partial charge in [-0.1, -0.05) is 198 Å². The lowest BCUT2D eigenvalue weighted by molar-refractivity contribution is 0.601. The molecular weight excluding hydrogens is 769 g/mol. The molecule has 0 aliphatic heterocycles. The molecule has 0 radical (unpaired) electrons. The van der Waals surface area contributed by atoms with Gasteiger partial charge in [0.1, 0.15) is 0 Å². The number of hydrogen-bond donors (Lipinski definition) is 0. The van der Waals surface area contributed by atoms with Crippen LogP contribution < -0.4 is 0 Å². The van der Waals surface area contributed by atoms with Gasteiger partial charge in [0, 0.05) is 10.8 Å². The van der Waals surface area contributed by atoms with Gasteiger partial charge in [0.2, 0.25) is 0 Å². The second-order valence-electron chi connectivity index (χ2n) is 18.9. The predicted octanol–water partition coefficient (Wildman–Crippen LogP) is 17.5. The van der Waals surface area contributed by atoms with Crippen LogP contribution in [0, 0.1) is 0 Å². The summed E-state index contributed by atoms with van der Waals surface area (Å²) in [5.74, 6) is 0. The second-order valence-corrected chi connectivity index (χ2v) is 18.9. The first-order chi connectivity index (χ1) is 31.2. The van der Waals surface area contributed by atoms with Gasteiger partial charge in [-0.25, -0.2) is 0 Å². The molecule has 304 valence electrons. The summed E-state index contributed by atoms with van der Waals surface area (Å²) >= 11 is 0. The Kier molecular flexibility index (Phi) is 8.65. The van der Waals surface area contributed by atoms with Crippen molar-refractivity contribution in [2.24, 2.45) is 0 Å². The first-order valence-corrected chi connectivity index (χ1v) is 22.7. The maximum atomic E-state index is 2.54. The van der Waals surface area contributed by atoms with Crippen LogP contribution in [0.1, 0.15) is 49.9 Å². The zero-order valence-corrected chi connectivity index (χ0v) is 36.8. The van der Waals surface area contributed by atoms with E-state index in [1.807, 2.05) is 0 Å². The smallest absolute Gasteiger partial charge is 0.0162 e. The molecule has 0 heteroatoms. The molecule has 2 aliphatic rings. The topological polar surface area (TPSA) is 0 Å². The van der Waals surface area contributed by atoms with Crippen LogP contribution in [0.3, 0.4) is 0 Å². The normalized spacial score (nSPS) is 13.9. The fourth-order valence-electron chi connectivity index (χ4n) is 11.2. The quantitative estimate of drug-likeness (QED) is 0.157. The molecule has 0 spiro atoms.